The lowest BCUT2D eigenvalue weighted by Gasteiger charge is -2.16. The quantitative estimate of drug-likeness (QED) is 0.868. The molecule has 2 aliphatic rings. The number of thiophene rings is 1. The van der Waals surface area contributed by atoms with Gasteiger partial charge in [0.2, 0.25) is 5.91 Å². The lowest BCUT2D eigenvalue weighted by Crippen LogP contribution is -2.33. The van der Waals surface area contributed by atoms with E-state index in [0.717, 1.165) is 31.9 Å². The van der Waals surface area contributed by atoms with Crippen molar-refractivity contribution in [2.24, 2.45) is 11.8 Å². The number of anilines is 1. The van der Waals surface area contributed by atoms with Crippen LogP contribution < -0.4 is 10.6 Å². The number of nitrogens with zero attached hydrogens (tertiary/aromatic N) is 2. The third-order valence-electron chi connectivity index (χ3n) is 4.59. The number of carbonyl (C=O) groups is 2. The molecule has 4 heterocycles. The summed E-state index contributed by atoms with van der Waals surface area (Å²) in [4.78, 5) is 31.4. The van der Waals surface area contributed by atoms with Crippen molar-refractivity contribution in [3.8, 4) is 0 Å². The Morgan fingerprint density at radius 1 is 1.29 bits per heavy atom. The van der Waals surface area contributed by atoms with E-state index in [1.165, 1.54) is 22.7 Å². The van der Waals surface area contributed by atoms with Gasteiger partial charge in [-0.15, -0.1) is 22.7 Å². The van der Waals surface area contributed by atoms with Crippen molar-refractivity contribution in [3.63, 3.8) is 0 Å². The summed E-state index contributed by atoms with van der Waals surface area (Å²) in [5, 5.41) is 10.4. The molecule has 2 atom stereocenters. The van der Waals surface area contributed by atoms with E-state index in [1.54, 1.807) is 6.07 Å². The van der Waals surface area contributed by atoms with Crippen LogP contribution in [0.5, 0.6) is 0 Å². The Balaban J connectivity index is 1.33. The average Bonchev–Trinajstić information content (AvgIpc) is 3.31. The highest BCUT2D eigenvalue weighted by Crippen LogP contribution is 2.27. The fourth-order valence-corrected chi connectivity index (χ4v) is 4.66. The molecule has 2 aliphatic heterocycles. The first-order valence-corrected chi connectivity index (χ1v) is 9.73. The highest BCUT2D eigenvalue weighted by Gasteiger charge is 2.37. The van der Waals surface area contributed by atoms with Crippen LogP contribution in [0.3, 0.4) is 0 Å². The van der Waals surface area contributed by atoms with E-state index in [2.05, 4.69) is 15.6 Å². The summed E-state index contributed by atoms with van der Waals surface area (Å²) in [7, 11) is 0. The predicted molar refractivity (Wildman–Crippen MR) is 94.5 cm³/mol. The number of hydrogen-bond donors (Lipinski definition) is 2. The minimum absolute atomic E-state index is 0.130. The number of fused-ring (bicyclic) bond motifs is 1. The number of carbonyl (C=O) groups excluding carboxylic acids is 2. The van der Waals surface area contributed by atoms with Gasteiger partial charge in [-0.2, -0.15) is 0 Å². The van der Waals surface area contributed by atoms with Crippen molar-refractivity contribution in [2.45, 2.75) is 6.42 Å². The minimum atomic E-state index is -0.155. The summed E-state index contributed by atoms with van der Waals surface area (Å²) in [5.41, 5.74) is 0.724. The molecule has 4 rings (SSSR count). The van der Waals surface area contributed by atoms with E-state index in [9.17, 15) is 9.59 Å². The Labute approximate surface area is 147 Å². The molecule has 24 heavy (non-hydrogen) atoms. The fraction of sp³-hybridized carbons (Fsp3) is 0.438. The van der Waals surface area contributed by atoms with Crippen molar-refractivity contribution in [2.75, 3.05) is 31.5 Å². The van der Waals surface area contributed by atoms with Gasteiger partial charge in [-0.3, -0.25) is 14.9 Å². The average molecular weight is 362 g/mol. The molecule has 0 aromatic carbocycles. The Morgan fingerprint density at radius 2 is 2.08 bits per heavy atom. The van der Waals surface area contributed by atoms with Gasteiger partial charge in [-0.1, -0.05) is 6.07 Å². The third-order valence-corrected chi connectivity index (χ3v) is 6.27. The molecule has 0 spiro atoms. The van der Waals surface area contributed by atoms with Crippen LogP contribution in [0.25, 0.3) is 0 Å². The smallest absolute Gasteiger partial charge is 0.267 e. The molecule has 0 bridgehead atoms. The molecule has 2 fully saturated rings. The van der Waals surface area contributed by atoms with Gasteiger partial charge in [-0.05, 0) is 23.3 Å². The van der Waals surface area contributed by atoms with Gasteiger partial charge in [0.05, 0.1) is 17.0 Å². The van der Waals surface area contributed by atoms with Crippen LogP contribution >= 0.6 is 22.7 Å². The first kappa shape index (κ1) is 15.7. The standard InChI is InChI=1S/C16H18N4O2S2/c21-14(20-7-10-5-17-6-11(10)8-20)4-12-9-24-16(18-12)19-15(22)13-2-1-3-23-13/h1-3,9-11,17H,4-8H2,(H,18,19,22)/t10-,11+. The molecule has 0 saturated carbocycles. The second-order valence-electron chi connectivity index (χ2n) is 6.23. The second-order valence-corrected chi connectivity index (χ2v) is 8.04. The number of aromatic nitrogens is 1. The van der Waals surface area contributed by atoms with Crippen LogP contribution in [-0.4, -0.2) is 47.9 Å². The molecule has 2 aromatic rings. The first-order chi connectivity index (χ1) is 11.7. The van der Waals surface area contributed by atoms with Gasteiger partial charge in [0.15, 0.2) is 5.13 Å². The van der Waals surface area contributed by atoms with Crippen LogP contribution in [0.2, 0.25) is 0 Å². The van der Waals surface area contributed by atoms with Gasteiger partial charge in [0.1, 0.15) is 0 Å². The van der Waals surface area contributed by atoms with Crippen molar-refractivity contribution < 1.29 is 9.59 Å². The molecule has 2 saturated heterocycles. The molecule has 8 heteroatoms. The first-order valence-electron chi connectivity index (χ1n) is 7.97. The number of amides is 2. The monoisotopic (exact) mass is 362 g/mol. The van der Waals surface area contributed by atoms with Gasteiger partial charge in [0.25, 0.3) is 5.91 Å². The molecular formula is C16H18N4O2S2. The van der Waals surface area contributed by atoms with E-state index in [-0.39, 0.29) is 11.8 Å². The predicted octanol–water partition coefficient (Wildman–Crippen LogP) is 1.68. The second kappa shape index (κ2) is 6.62. The maximum atomic E-state index is 12.4. The molecule has 2 aromatic heterocycles. The molecule has 0 unspecified atom stereocenters. The van der Waals surface area contributed by atoms with Crippen LogP contribution in [-0.2, 0) is 11.2 Å². The minimum Gasteiger partial charge on any atom is -0.342 e. The molecule has 2 amide bonds. The van der Waals surface area contributed by atoms with E-state index in [1.807, 2.05) is 21.7 Å². The Morgan fingerprint density at radius 3 is 2.79 bits per heavy atom. The largest absolute Gasteiger partial charge is 0.342 e. The van der Waals surface area contributed by atoms with Crippen LogP contribution in [0.1, 0.15) is 15.4 Å². The Bertz CT molecular complexity index is 731. The van der Waals surface area contributed by atoms with Crippen LogP contribution in [0, 0.1) is 11.8 Å². The number of rotatable bonds is 4. The Kier molecular flexibility index (Phi) is 4.34. The molecule has 0 aliphatic carbocycles. The summed E-state index contributed by atoms with van der Waals surface area (Å²) in [6.45, 7) is 3.74. The van der Waals surface area contributed by atoms with Crippen LogP contribution in [0.4, 0.5) is 5.13 Å². The molecular weight excluding hydrogens is 344 g/mol. The van der Waals surface area contributed by atoms with Gasteiger partial charge in [-0.25, -0.2) is 4.98 Å². The molecule has 2 N–H and O–H groups in total. The highest BCUT2D eigenvalue weighted by molar-refractivity contribution is 7.14. The van der Waals surface area contributed by atoms with Crippen LogP contribution in [0.15, 0.2) is 22.9 Å². The van der Waals surface area contributed by atoms with Crippen molar-refractivity contribution in [3.05, 3.63) is 33.5 Å². The summed E-state index contributed by atoms with van der Waals surface area (Å²) >= 11 is 2.75. The highest BCUT2D eigenvalue weighted by atomic mass is 32.1. The topological polar surface area (TPSA) is 74.3 Å². The lowest BCUT2D eigenvalue weighted by atomic mass is 10.0. The third kappa shape index (κ3) is 3.22. The number of nitrogens with one attached hydrogen (secondary N) is 2. The number of hydrogen-bond acceptors (Lipinski definition) is 6. The van der Waals surface area contributed by atoms with E-state index in [0.29, 0.717) is 28.3 Å². The Hall–Kier alpha value is -1.77. The zero-order valence-corrected chi connectivity index (χ0v) is 14.7. The fourth-order valence-electron chi connectivity index (χ4n) is 3.34. The van der Waals surface area contributed by atoms with Gasteiger partial charge >= 0.3 is 0 Å². The van der Waals surface area contributed by atoms with Crippen molar-refractivity contribution in [1.29, 1.82) is 0 Å². The molecule has 126 valence electrons. The van der Waals surface area contributed by atoms with Crippen molar-refractivity contribution in [1.82, 2.24) is 15.2 Å². The van der Waals surface area contributed by atoms with Crippen molar-refractivity contribution >= 4 is 39.6 Å². The van der Waals surface area contributed by atoms with E-state index in [4.69, 9.17) is 0 Å². The summed E-state index contributed by atoms with van der Waals surface area (Å²) in [5.74, 6) is 1.18. The maximum Gasteiger partial charge on any atom is 0.267 e. The zero-order chi connectivity index (χ0) is 16.5. The molecule has 6 nitrogen and oxygen atoms in total. The lowest BCUT2D eigenvalue weighted by molar-refractivity contribution is -0.129. The summed E-state index contributed by atoms with van der Waals surface area (Å²) in [6.07, 6.45) is 0.304. The SMILES string of the molecule is O=C(Nc1nc(CC(=O)N2C[C@H]3CNC[C@H]3C2)cs1)c1cccs1. The number of thiazole rings is 1. The molecule has 0 radical (unpaired) electrons. The normalized spacial score (nSPS) is 22.6. The van der Waals surface area contributed by atoms with Gasteiger partial charge in [0, 0.05) is 31.6 Å². The zero-order valence-electron chi connectivity index (χ0n) is 13.0. The summed E-state index contributed by atoms with van der Waals surface area (Å²) in [6, 6.07) is 3.61. The number of likely N-dealkylation sites (tertiary alicyclic amines) is 1. The maximum absolute atomic E-state index is 12.4. The van der Waals surface area contributed by atoms with Gasteiger partial charge < -0.3 is 10.2 Å². The summed E-state index contributed by atoms with van der Waals surface area (Å²) < 4.78 is 0. The van der Waals surface area contributed by atoms with E-state index < -0.39 is 0 Å². The van der Waals surface area contributed by atoms with E-state index >= 15 is 0 Å².